The lowest BCUT2D eigenvalue weighted by atomic mass is 10.0. The molecule has 0 atom stereocenters. The molecule has 1 aromatic rings. The molecule has 1 aliphatic heterocycles. The molecule has 1 saturated heterocycles. The maximum atomic E-state index is 14.1. The molecule has 0 N–H and O–H groups in total. The summed E-state index contributed by atoms with van der Waals surface area (Å²) in [4.78, 5) is 13.3. The number of ether oxygens (including phenoxy) is 1. The number of benzene rings is 1. The summed E-state index contributed by atoms with van der Waals surface area (Å²) in [7, 11) is 0. The van der Waals surface area contributed by atoms with E-state index in [-0.39, 0.29) is 17.7 Å². The fourth-order valence-electron chi connectivity index (χ4n) is 2.72. The SMILES string of the molecule is CC(=O)CCN1CCC(Oc2ccc(C(C)C)cc2F)CC1. The van der Waals surface area contributed by atoms with Crippen molar-refractivity contribution in [2.75, 3.05) is 19.6 Å². The summed E-state index contributed by atoms with van der Waals surface area (Å²) in [5.41, 5.74) is 0.990. The van der Waals surface area contributed by atoms with Gasteiger partial charge in [-0.25, -0.2) is 4.39 Å². The lowest BCUT2D eigenvalue weighted by Gasteiger charge is -2.32. The lowest BCUT2D eigenvalue weighted by Crippen LogP contribution is -2.39. The van der Waals surface area contributed by atoms with Crippen LogP contribution in [0.1, 0.15) is 51.5 Å². The Morgan fingerprint density at radius 3 is 2.59 bits per heavy atom. The van der Waals surface area contributed by atoms with Crippen molar-refractivity contribution in [3.8, 4) is 5.75 Å². The minimum Gasteiger partial charge on any atom is -0.487 e. The van der Waals surface area contributed by atoms with Gasteiger partial charge in [0.15, 0.2) is 11.6 Å². The standard InChI is InChI=1S/C18H26FNO2/c1-13(2)15-4-5-18(17(19)12-15)22-16-7-10-20(11-8-16)9-6-14(3)21/h4-5,12-13,16H,6-11H2,1-3H3. The van der Waals surface area contributed by atoms with E-state index in [2.05, 4.69) is 4.90 Å². The van der Waals surface area contributed by atoms with Crippen LogP contribution in [-0.2, 0) is 4.79 Å². The van der Waals surface area contributed by atoms with Gasteiger partial charge in [-0.05, 0) is 43.4 Å². The van der Waals surface area contributed by atoms with E-state index in [9.17, 15) is 9.18 Å². The maximum Gasteiger partial charge on any atom is 0.165 e. The summed E-state index contributed by atoms with van der Waals surface area (Å²) in [6, 6.07) is 5.25. The van der Waals surface area contributed by atoms with Crippen molar-refractivity contribution in [3.05, 3.63) is 29.6 Å². The third-order valence-electron chi connectivity index (χ3n) is 4.23. The average molecular weight is 307 g/mol. The van der Waals surface area contributed by atoms with Crippen LogP contribution in [0.3, 0.4) is 0 Å². The van der Waals surface area contributed by atoms with Crippen LogP contribution >= 0.6 is 0 Å². The van der Waals surface area contributed by atoms with Crippen molar-refractivity contribution in [3.63, 3.8) is 0 Å². The average Bonchev–Trinajstić information content (AvgIpc) is 2.48. The van der Waals surface area contributed by atoms with Gasteiger partial charge < -0.3 is 9.64 Å². The van der Waals surface area contributed by atoms with Crippen molar-refractivity contribution in [2.45, 2.75) is 52.1 Å². The van der Waals surface area contributed by atoms with Gasteiger partial charge in [0.1, 0.15) is 11.9 Å². The molecule has 122 valence electrons. The number of hydrogen-bond donors (Lipinski definition) is 0. The van der Waals surface area contributed by atoms with Gasteiger partial charge in [-0.2, -0.15) is 0 Å². The number of rotatable bonds is 6. The van der Waals surface area contributed by atoms with Crippen LogP contribution in [0, 0.1) is 5.82 Å². The summed E-state index contributed by atoms with van der Waals surface area (Å²) < 4.78 is 19.9. The van der Waals surface area contributed by atoms with Gasteiger partial charge in [-0.15, -0.1) is 0 Å². The van der Waals surface area contributed by atoms with Gasteiger partial charge in [0, 0.05) is 26.1 Å². The van der Waals surface area contributed by atoms with Crippen molar-refractivity contribution in [1.29, 1.82) is 0 Å². The monoisotopic (exact) mass is 307 g/mol. The van der Waals surface area contributed by atoms with Gasteiger partial charge in [0.2, 0.25) is 0 Å². The minimum absolute atomic E-state index is 0.0629. The predicted octanol–water partition coefficient (Wildman–Crippen LogP) is 3.77. The summed E-state index contributed by atoms with van der Waals surface area (Å²) in [5, 5.41) is 0. The van der Waals surface area contributed by atoms with E-state index in [0.29, 0.717) is 18.1 Å². The van der Waals surface area contributed by atoms with E-state index in [1.54, 1.807) is 19.1 Å². The molecule has 4 heteroatoms. The van der Waals surface area contributed by atoms with E-state index in [0.717, 1.165) is 38.0 Å². The summed E-state index contributed by atoms with van der Waals surface area (Å²) in [6.07, 6.45) is 2.43. The summed E-state index contributed by atoms with van der Waals surface area (Å²) in [6.45, 7) is 8.35. The number of carbonyl (C=O) groups excluding carboxylic acids is 1. The highest BCUT2D eigenvalue weighted by Gasteiger charge is 2.21. The fourth-order valence-corrected chi connectivity index (χ4v) is 2.72. The molecule has 0 spiro atoms. The number of halogens is 1. The Labute approximate surface area is 132 Å². The van der Waals surface area contributed by atoms with Crippen molar-refractivity contribution in [2.24, 2.45) is 0 Å². The Bertz CT molecular complexity index is 508. The first-order chi connectivity index (χ1) is 10.5. The van der Waals surface area contributed by atoms with E-state index in [1.807, 2.05) is 19.9 Å². The van der Waals surface area contributed by atoms with Crippen LogP contribution in [0.2, 0.25) is 0 Å². The molecule has 1 aliphatic rings. The Morgan fingerprint density at radius 1 is 1.36 bits per heavy atom. The van der Waals surface area contributed by atoms with Gasteiger partial charge in [-0.1, -0.05) is 19.9 Å². The van der Waals surface area contributed by atoms with Crippen molar-refractivity contribution >= 4 is 5.78 Å². The van der Waals surface area contributed by atoms with E-state index in [4.69, 9.17) is 4.74 Å². The van der Waals surface area contributed by atoms with Crippen LogP contribution in [-0.4, -0.2) is 36.4 Å². The van der Waals surface area contributed by atoms with Crippen LogP contribution in [0.5, 0.6) is 5.75 Å². The van der Waals surface area contributed by atoms with E-state index < -0.39 is 0 Å². The second-order valence-corrected chi connectivity index (χ2v) is 6.46. The number of ketones is 1. The van der Waals surface area contributed by atoms with E-state index in [1.165, 1.54) is 0 Å². The number of nitrogens with zero attached hydrogens (tertiary/aromatic N) is 1. The first-order valence-electron chi connectivity index (χ1n) is 8.13. The predicted molar refractivity (Wildman–Crippen MR) is 85.9 cm³/mol. The number of likely N-dealkylation sites (tertiary alicyclic amines) is 1. The largest absolute Gasteiger partial charge is 0.487 e. The molecule has 0 unspecified atom stereocenters. The Morgan fingerprint density at radius 2 is 2.05 bits per heavy atom. The maximum absolute atomic E-state index is 14.1. The zero-order valence-corrected chi connectivity index (χ0v) is 13.8. The third-order valence-corrected chi connectivity index (χ3v) is 4.23. The smallest absolute Gasteiger partial charge is 0.165 e. The number of carbonyl (C=O) groups is 1. The highest BCUT2D eigenvalue weighted by molar-refractivity contribution is 5.75. The van der Waals surface area contributed by atoms with Gasteiger partial charge in [0.05, 0.1) is 0 Å². The number of Topliss-reactive ketones (excluding diaryl/α,β-unsaturated/α-hetero) is 1. The molecule has 1 fully saturated rings. The molecule has 1 heterocycles. The lowest BCUT2D eigenvalue weighted by molar-refractivity contribution is -0.117. The van der Waals surface area contributed by atoms with E-state index >= 15 is 0 Å². The molecular formula is C18H26FNO2. The molecule has 0 bridgehead atoms. The molecule has 2 rings (SSSR count). The molecular weight excluding hydrogens is 281 g/mol. The molecule has 0 aromatic heterocycles. The molecule has 0 aliphatic carbocycles. The van der Waals surface area contributed by atoms with Crippen LogP contribution in [0.25, 0.3) is 0 Å². The summed E-state index contributed by atoms with van der Waals surface area (Å²) >= 11 is 0. The second kappa shape index (κ2) is 7.73. The van der Waals surface area contributed by atoms with Crippen LogP contribution in [0.4, 0.5) is 4.39 Å². The molecule has 0 radical (unpaired) electrons. The van der Waals surface area contributed by atoms with Gasteiger partial charge in [-0.3, -0.25) is 4.79 Å². The fraction of sp³-hybridized carbons (Fsp3) is 0.611. The third kappa shape index (κ3) is 4.80. The minimum atomic E-state index is -0.273. The zero-order chi connectivity index (χ0) is 16.1. The quantitative estimate of drug-likeness (QED) is 0.801. The second-order valence-electron chi connectivity index (χ2n) is 6.46. The number of piperidine rings is 1. The van der Waals surface area contributed by atoms with Crippen LogP contribution < -0.4 is 4.74 Å². The van der Waals surface area contributed by atoms with Crippen molar-refractivity contribution < 1.29 is 13.9 Å². The Hall–Kier alpha value is -1.42. The van der Waals surface area contributed by atoms with Gasteiger partial charge >= 0.3 is 0 Å². The molecule has 0 saturated carbocycles. The normalized spacial score (nSPS) is 17.0. The van der Waals surface area contributed by atoms with Crippen LogP contribution in [0.15, 0.2) is 18.2 Å². The highest BCUT2D eigenvalue weighted by atomic mass is 19.1. The Kier molecular flexibility index (Phi) is 5.95. The van der Waals surface area contributed by atoms with Gasteiger partial charge in [0.25, 0.3) is 0 Å². The topological polar surface area (TPSA) is 29.5 Å². The molecule has 22 heavy (non-hydrogen) atoms. The molecule has 1 aromatic carbocycles. The summed E-state index contributed by atoms with van der Waals surface area (Å²) in [5.74, 6) is 0.621. The van der Waals surface area contributed by atoms with Crippen molar-refractivity contribution in [1.82, 2.24) is 4.90 Å². The zero-order valence-electron chi connectivity index (χ0n) is 13.8. The Balaban J connectivity index is 1.84. The first-order valence-corrected chi connectivity index (χ1v) is 8.13. The highest BCUT2D eigenvalue weighted by Crippen LogP contribution is 2.25. The first kappa shape index (κ1) is 16.9. The number of hydrogen-bond acceptors (Lipinski definition) is 3. The molecule has 3 nitrogen and oxygen atoms in total. The molecule has 0 amide bonds.